The molecule has 1 aromatic rings. The van der Waals surface area contributed by atoms with Crippen LogP contribution >= 0.6 is 18.1 Å². The van der Waals surface area contributed by atoms with Crippen molar-refractivity contribution in [2.24, 2.45) is 5.92 Å². The molecule has 2 rings (SSSR count). The van der Waals surface area contributed by atoms with Crippen molar-refractivity contribution in [2.45, 2.75) is 51.5 Å². The van der Waals surface area contributed by atoms with Gasteiger partial charge in [0.2, 0.25) is 0 Å². The van der Waals surface area contributed by atoms with Gasteiger partial charge in [-0.15, -0.1) is 0 Å². The quantitative estimate of drug-likeness (QED) is 0.713. The number of carbonyl (C=O) groups is 1. The minimum absolute atomic E-state index is 0.0458. The van der Waals surface area contributed by atoms with Crippen LogP contribution in [0, 0.1) is 5.92 Å². The van der Waals surface area contributed by atoms with Crippen molar-refractivity contribution in [3.63, 3.8) is 0 Å². The van der Waals surface area contributed by atoms with E-state index in [1.54, 1.807) is 31.2 Å². The molecular formula is C16H23ClNO3P. The van der Waals surface area contributed by atoms with E-state index in [0.29, 0.717) is 18.1 Å². The van der Waals surface area contributed by atoms with Crippen LogP contribution in [-0.2, 0) is 9.36 Å². The molecule has 1 aliphatic rings. The molecule has 4 nitrogen and oxygen atoms in total. The van der Waals surface area contributed by atoms with Gasteiger partial charge in [0.25, 0.3) is 0 Å². The molecule has 0 aliphatic heterocycles. The lowest BCUT2D eigenvalue weighted by atomic mass is 9.85. The highest BCUT2D eigenvalue weighted by atomic mass is 35.7. The van der Waals surface area contributed by atoms with Gasteiger partial charge in [-0.25, -0.2) is 9.65 Å². The van der Waals surface area contributed by atoms with E-state index in [1.165, 1.54) is 19.3 Å². The first-order valence-corrected chi connectivity index (χ1v) is 10.3. The van der Waals surface area contributed by atoms with Crippen molar-refractivity contribution in [1.82, 2.24) is 5.09 Å². The molecule has 1 N–H and O–H groups in total. The fourth-order valence-electron chi connectivity index (χ4n) is 2.80. The molecule has 2 atom stereocenters. The van der Waals surface area contributed by atoms with E-state index in [1.807, 2.05) is 6.07 Å². The molecule has 0 heterocycles. The van der Waals surface area contributed by atoms with Crippen molar-refractivity contribution in [1.29, 1.82) is 0 Å². The molecule has 22 heavy (non-hydrogen) atoms. The predicted octanol–water partition coefficient (Wildman–Crippen LogP) is 4.93. The van der Waals surface area contributed by atoms with Gasteiger partial charge in [0, 0.05) is 17.7 Å². The van der Waals surface area contributed by atoms with E-state index < -0.39 is 12.9 Å². The summed E-state index contributed by atoms with van der Waals surface area (Å²) in [7, 11) is 0. The predicted molar refractivity (Wildman–Crippen MR) is 89.3 cm³/mol. The summed E-state index contributed by atoms with van der Waals surface area (Å²) < 4.78 is 17.5. The Balaban J connectivity index is 1.85. The van der Waals surface area contributed by atoms with E-state index in [2.05, 4.69) is 5.09 Å². The third-order valence-corrected chi connectivity index (χ3v) is 5.65. The lowest BCUT2D eigenvalue weighted by molar-refractivity contribution is -0.121. The molecule has 1 unspecified atom stereocenters. The molecule has 6 heteroatoms. The monoisotopic (exact) mass is 343 g/mol. The lowest BCUT2D eigenvalue weighted by Gasteiger charge is -2.23. The number of nitrogens with one attached hydrogen (secondary N) is 1. The lowest BCUT2D eigenvalue weighted by Crippen LogP contribution is -2.33. The van der Waals surface area contributed by atoms with E-state index in [-0.39, 0.29) is 5.78 Å². The van der Waals surface area contributed by atoms with Crippen LogP contribution < -0.4 is 9.61 Å². The summed E-state index contributed by atoms with van der Waals surface area (Å²) >= 11 is 5.92. The van der Waals surface area contributed by atoms with Crippen LogP contribution in [0.3, 0.4) is 0 Å². The Bertz CT molecular complexity index is 531. The second-order valence-corrected chi connectivity index (χ2v) is 8.64. The van der Waals surface area contributed by atoms with Crippen LogP contribution in [-0.4, -0.2) is 11.8 Å². The highest BCUT2D eigenvalue weighted by Gasteiger charge is 2.28. The smallest absolute Gasteiger partial charge is 0.409 e. The van der Waals surface area contributed by atoms with E-state index >= 15 is 0 Å². The zero-order chi connectivity index (χ0) is 16.0. The van der Waals surface area contributed by atoms with Gasteiger partial charge < -0.3 is 4.52 Å². The average Bonchev–Trinajstić information content (AvgIpc) is 2.48. The van der Waals surface area contributed by atoms with Crippen LogP contribution in [0.4, 0.5) is 0 Å². The maximum atomic E-state index is 12.3. The summed E-state index contributed by atoms with van der Waals surface area (Å²) in [6.45, 7) is -1.89. The number of rotatable bonds is 7. The Kier molecular flexibility index (Phi) is 6.49. The Morgan fingerprint density at radius 2 is 1.95 bits per heavy atom. The minimum Gasteiger partial charge on any atom is -0.422 e. The second-order valence-electron chi connectivity index (χ2n) is 5.91. The molecule has 0 radical (unpaired) electrons. The summed E-state index contributed by atoms with van der Waals surface area (Å²) in [6.07, 6.45) is 6.40. The Morgan fingerprint density at radius 3 is 2.59 bits per heavy atom. The highest BCUT2D eigenvalue weighted by Crippen LogP contribution is 2.48. The van der Waals surface area contributed by atoms with E-state index in [4.69, 9.17) is 15.8 Å². The number of hydrogen-bond acceptors (Lipinski definition) is 3. The van der Waals surface area contributed by atoms with Gasteiger partial charge in [-0.2, -0.15) is 0 Å². The highest BCUT2D eigenvalue weighted by molar-refractivity contribution is 7.84. The van der Waals surface area contributed by atoms with Crippen LogP contribution in [0.5, 0.6) is 5.75 Å². The number of Topliss-reactive ketones (excluding diaryl/α,β-unsaturated/α-hetero) is 1. The first-order chi connectivity index (χ1) is 10.5. The number of halogens is 1. The average molecular weight is 344 g/mol. The summed E-state index contributed by atoms with van der Waals surface area (Å²) in [5.74, 6) is 0.917. The third-order valence-electron chi connectivity index (χ3n) is 4.01. The molecule has 122 valence electrons. The van der Waals surface area contributed by atoms with Gasteiger partial charge in [0.1, 0.15) is 11.5 Å². The van der Waals surface area contributed by atoms with Gasteiger partial charge in [-0.05, 0) is 25.0 Å². The largest absolute Gasteiger partial charge is 0.422 e. The fourth-order valence-corrected chi connectivity index (χ4v) is 4.53. The Morgan fingerprint density at radius 1 is 1.32 bits per heavy atom. The molecule has 0 saturated heterocycles. The number of para-hydroxylation sites is 1. The Hall–Kier alpha value is -0.830. The van der Waals surface area contributed by atoms with Crippen LogP contribution in [0.2, 0.25) is 0 Å². The van der Waals surface area contributed by atoms with Gasteiger partial charge in [0.15, 0.2) is 0 Å². The van der Waals surface area contributed by atoms with E-state index in [9.17, 15) is 9.36 Å². The van der Waals surface area contributed by atoms with Crippen molar-refractivity contribution in [2.75, 3.05) is 0 Å². The maximum Gasteiger partial charge on any atom is 0.409 e. The van der Waals surface area contributed by atoms with Crippen molar-refractivity contribution in [3.05, 3.63) is 30.3 Å². The second kappa shape index (κ2) is 8.14. The summed E-state index contributed by atoms with van der Waals surface area (Å²) in [6, 6.07) is 8.13. The van der Waals surface area contributed by atoms with Crippen molar-refractivity contribution >= 4 is 23.9 Å². The van der Waals surface area contributed by atoms with Crippen LogP contribution in [0.1, 0.15) is 45.4 Å². The fraction of sp³-hybridized carbons (Fsp3) is 0.562. The number of carbonyl (C=O) groups excluding carboxylic acids is 1. The maximum absolute atomic E-state index is 12.3. The zero-order valence-electron chi connectivity index (χ0n) is 12.8. The SMILES string of the molecule is C[C@H](NP(=O)(Cl)Oc1ccccc1)C(=O)CC1CCCCC1. The van der Waals surface area contributed by atoms with Crippen LogP contribution in [0.25, 0.3) is 0 Å². The molecule has 1 aromatic carbocycles. The molecule has 0 bridgehead atoms. The first-order valence-electron chi connectivity index (χ1n) is 7.81. The van der Waals surface area contributed by atoms with Gasteiger partial charge in [-0.3, -0.25) is 4.79 Å². The number of hydrogen-bond donors (Lipinski definition) is 1. The molecule has 1 fully saturated rings. The summed E-state index contributed by atoms with van der Waals surface area (Å²) in [5.41, 5.74) is 0. The van der Waals surface area contributed by atoms with Crippen molar-refractivity contribution < 1.29 is 13.9 Å². The minimum atomic E-state index is -3.58. The Labute approximate surface area is 136 Å². The standard InChI is InChI=1S/C16H23ClNO3P/c1-13(16(19)12-14-8-4-2-5-9-14)18-22(17,20)21-15-10-6-3-7-11-15/h3,6-7,10-11,13-14H,2,4-5,8-9,12H2,1H3,(H,18,20)/t13-,22?/m0/s1. The first kappa shape index (κ1) is 17.5. The molecule has 1 saturated carbocycles. The van der Waals surface area contributed by atoms with Gasteiger partial charge in [0.05, 0.1) is 6.04 Å². The third kappa shape index (κ3) is 5.75. The topological polar surface area (TPSA) is 55.4 Å². The molecule has 1 aliphatic carbocycles. The van der Waals surface area contributed by atoms with Crippen LogP contribution in [0.15, 0.2) is 30.3 Å². The number of ketones is 1. The van der Waals surface area contributed by atoms with Gasteiger partial charge >= 0.3 is 6.87 Å². The zero-order valence-corrected chi connectivity index (χ0v) is 14.5. The molecule has 0 amide bonds. The molecular weight excluding hydrogens is 321 g/mol. The summed E-state index contributed by atoms with van der Waals surface area (Å²) in [5, 5.41) is 2.64. The van der Waals surface area contributed by atoms with Gasteiger partial charge in [-0.1, -0.05) is 50.3 Å². The summed E-state index contributed by atoms with van der Waals surface area (Å²) in [4.78, 5) is 12.2. The molecule has 0 aromatic heterocycles. The number of benzene rings is 1. The normalized spacial score (nSPS) is 20.1. The van der Waals surface area contributed by atoms with Crippen molar-refractivity contribution in [3.8, 4) is 5.75 Å². The molecule has 0 spiro atoms. The van der Waals surface area contributed by atoms with E-state index in [0.717, 1.165) is 12.8 Å².